The van der Waals surface area contributed by atoms with E-state index in [0.29, 0.717) is 28.5 Å². The fourth-order valence-electron chi connectivity index (χ4n) is 3.87. The second-order valence-electron chi connectivity index (χ2n) is 8.57. The lowest BCUT2D eigenvalue weighted by molar-refractivity contribution is 0.0615. The highest BCUT2D eigenvalue weighted by atomic mass is 19.1. The van der Waals surface area contributed by atoms with Crippen molar-refractivity contribution >= 4 is 23.2 Å². The lowest BCUT2D eigenvalue weighted by atomic mass is 10.1. The first kappa shape index (κ1) is 23.6. The SMILES string of the molecule is CC(C)NC(=O)O[C@H]1CO[C@@H](c2cc(Nc3nccn4nc(-c5cc(F)cc(F)c5)cc34)n[nH]2)[C@H]1F. The summed E-state index contributed by atoms with van der Waals surface area (Å²) in [6.45, 7) is 3.44. The van der Waals surface area contributed by atoms with Crippen molar-refractivity contribution in [1.82, 2.24) is 30.1 Å². The van der Waals surface area contributed by atoms with Gasteiger partial charge in [0.25, 0.3) is 0 Å². The number of alkyl halides is 1. The molecule has 0 radical (unpaired) electrons. The summed E-state index contributed by atoms with van der Waals surface area (Å²) in [5.74, 6) is -0.739. The molecule has 1 saturated heterocycles. The maximum absolute atomic E-state index is 14.9. The number of ether oxygens (including phenoxy) is 2. The van der Waals surface area contributed by atoms with E-state index < -0.39 is 36.1 Å². The molecule has 0 bridgehead atoms. The fourth-order valence-corrected chi connectivity index (χ4v) is 3.87. The number of carbonyl (C=O) groups excluding carboxylic acids is 1. The van der Waals surface area contributed by atoms with Gasteiger partial charge in [0, 0.05) is 36.1 Å². The Kier molecular flexibility index (Phi) is 6.22. The third-order valence-electron chi connectivity index (χ3n) is 5.45. The van der Waals surface area contributed by atoms with Gasteiger partial charge in [-0.3, -0.25) is 5.10 Å². The van der Waals surface area contributed by atoms with Crippen molar-refractivity contribution in [3.8, 4) is 11.3 Å². The van der Waals surface area contributed by atoms with Crippen LogP contribution in [-0.2, 0) is 9.47 Å². The van der Waals surface area contributed by atoms with E-state index in [-0.39, 0.29) is 18.2 Å². The molecular formula is C23H22F3N7O3. The minimum atomic E-state index is -1.60. The number of nitrogens with one attached hydrogen (secondary N) is 3. The lowest BCUT2D eigenvalue weighted by Gasteiger charge is -2.16. The number of aromatic amines is 1. The first-order valence-electron chi connectivity index (χ1n) is 11.1. The molecule has 4 heterocycles. The molecule has 5 rings (SSSR count). The average molecular weight is 501 g/mol. The van der Waals surface area contributed by atoms with Gasteiger partial charge in [-0.1, -0.05) is 0 Å². The summed E-state index contributed by atoms with van der Waals surface area (Å²) in [5, 5.41) is 16.8. The maximum atomic E-state index is 14.9. The number of hydrogen-bond acceptors (Lipinski definition) is 7. The highest BCUT2D eigenvalue weighted by molar-refractivity contribution is 5.77. The van der Waals surface area contributed by atoms with Crippen molar-refractivity contribution in [1.29, 1.82) is 0 Å². The van der Waals surface area contributed by atoms with Gasteiger partial charge in [0.1, 0.15) is 23.3 Å². The van der Waals surface area contributed by atoms with Crippen LogP contribution < -0.4 is 10.6 Å². The van der Waals surface area contributed by atoms with Crippen LogP contribution in [0.2, 0.25) is 0 Å². The van der Waals surface area contributed by atoms with E-state index in [0.717, 1.165) is 6.07 Å². The van der Waals surface area contributed by atoms with Gasteiger partial charge >= 0.3 is 6.09 Å². The molecule has 10 nitrogen and oxygen atoms in total. The molecule has 188 valence electrons. The summed E-state index contributed by atoms with van der Waals surface area (Å²) in [5.41, 5.74) is 1.48. The molecule has 1 aromatic carbocycles. The van der Waals surface area contributed by atoms with E-state index in [2.05, 4.69) is 30.9 Å². The summed E-state index contributed by atoms with van der Waals surface area (Å²) in [6, 6.07) is 6.19. The average Bonchev–Trinajstić information content (AvgIpc) is 3.52. The molecule has 3 atom stereocenters. The third kappa shape index (κ3) is 4.82. The van der Waals surface area contributed by atoms with Crippen molar-refractivity contribution in [2.75, 3.05) is 11.9 Å². The Morgan fingerprint density at radius 1 is 1.22 bits per heavy atom. The summed E-state index contributed by atoms with van der Waals surface area (Å²) >= 11 is 0. The van der Waals surface area contributed by atoms with Crippen molar-refractivity contribution in [3.63, 3.8) is 0 Å². The second kappa shape index (κ2) is 9.49. The van der Waals surface area contributed by atoms with E-state index in [1.807, 2.05) is 0 Å². The Bertz CT molecular complexity index is 1390. The molecule has 1 amide bonds. The fraction of sp³-hybridized carbons (Fsp3) is 0.304. The summed E-state index contributed by atoms with van der Waals surface area (Å²) < 4.78 is 54.4. The summed E-state index contributed by atoms with van der Waals surface area (Å²) in [4.78, 5) is 16.1. The summed E-state index contributed by atoms with van der Waals surface area (Å²) in [7, 11) is 0. The molecule has 0 unspecified atom stereocenters. The minimum Gasteiger partial charge on any atom is -0.441 e. The normalized spacial score (nSPS) is 19.7. The molecule has 1 aliphatic heterocycles. The van der Waals surface area contributed by atoms with Crippen molar-refractivity contribution in [2.24, 2.45) is 0 Å². The van der Waals surface area contributed by atoms with Crippen LogP contribution in [0.25, 0.3) is 16.8 Å². The lowest BCUT2D eigenvalue weighted by Crippen LogP contribution is -2.36. The molecule has 3 N–H and O–H groups in total. The maximum Gasteiger partial charge on any atom is 0.407 e. The number of H-pyrrole nitrogens is 1. The van der Waals surface area contributed by atoms with Crippen LogP contribution >= 0.6 is 0 Å². The predicted octanol–water partition coefficient (Wildman–Crippen LogP) is 4.05. The number of benzene rings is 1. The van der Waals surface area contributed by atoms with Gasteiger partial charge in [-0.2, -0.15) is 10.2 Å². The number of aromatic nitrogens is 5. The molecule has 13 heteroatoms. The van der Waals surface area contributed by atoms with E-state index in [1.54, 1.807) is 32.2 Å². The molecule has 0 spiro atoms. The van der Waals surface area contributed by atoms with E-state index in [9.17, 15) is 18.0 Å². The minimum absolute atomic E-state index is 0.0979. The number of carbonyl (C=O) groups is 1. The zero-order valence-electron chi connectivity index (χ0n) is 19.2. The number of anilines is 2. The molecule has 36 heavy (non-hydrogen) atoms. The number of fused-ring (bicyclic) bond motifs is 1. The molecule has 3 aromatic heterocycles. The van der Waals surface area contributed by atoms with Crippen LogP contribution in [0, 0.1) is 11.6 Å². The van der Waals surface area contributed by atoms with Gasteiger partial charge in [-0.15, -0.1) is 0 Å². The quantitative estimate of drug-likeness (QED) is 0.365. The second-order valence-corrected chi connectivity index (χ2v) is 8.57. The van der Waals surface area contributed by atoms with Crippen molar-refractivity contribution < 1.29 is 27.4 Å². The van der Waals surface area contributed by atoms with E-state index >= 15 is 0 Å². The molecule has 4 aromatic rings. The van der Waals surface area contributed by atoms with Gasteiger partial charge < -0.3 is 20.1 Å². The topological polar surface area (TPSA) is 118 Å². The van der Waals surface area contributed by atoms with Gasteiger partial charge in [0.05, 0.1) is 18.0 Å². The Morgan fingerprint density at radius 2 is 2.00 bits per heavy atom. The monoisotopic (exact) mass is 501 g/mol. The van der Waals surface area contributed by atoms with E-state index in [1.165, 1.54) is 22.8 Å². The zero-order chi connectivity index (χ0) is 25.4. The van der Waals surface area contributed by atoms with Gasteiger partial charge in [0.2, 0.25) is 0 Å². The Balaban J connectivity index is 1.32. The van der Waals surface area contributed by atoms with Crippen LogP contribution in [0.1, 0.15) is 25.6 Å². The number of amides is 1. The number of nitrogens with zero attached hydrogens (tertiary/aromatic N) is 4. The van der Waals surface area contributed by atoms with Gasteiger partial charge in [-0.05, 0) is 32.0 Å². The van der Waals surface area contributed by atoms with Crippen LogP contribution in [0.5, 0.6) is 0 Å². The molecule has 0 aliphatic carbocycles. The largest absolute Gasteiger partial charge is 0.441 e. The smallest absolute Gasteiger partial charge is 0.407 e. The number of hydrogen-bond donors (Lipinski definition) is 3. The summed E-state index contributed by atoms with van der Waals surface area (Å²) in [6.07, 6.45) is -1.28. The number of alkyl carbamates (subject to hydrolysis) is 1. The van der Waals surface area contributed by atoms with Crippen LogP contribution in [0.3, 0.4) is 0 Å². The Morgan fingerprint density at radius 3 is 2.75 bits per heavy atom. The molecular weight excluding hydrogens is 479 g/mol. The van der Waals surface area contributed by atoms with Crippen LogP contribution in [0.4, 0.5) is 29.6 Å². The van der Waals surface area contributed by atoms with Crippen LogP contribution in [0.15, 0.2) is 42.7 Å². The van der Waals surface area contributed by atoms with Crippen molar-refractivity contribution in [2.45, 2.75) is 38.3 Å². The highest BCUT2D eigenvalue weighted by Crippen LogP contribution is 2.34. The van der Waals surface area contributed by atoms with Gasteiger partial charge in [-0.25, -0.2) is 27.5 Å². The number of rotatable bonds is 6. The predicted molar refractivity (Wildman–Crippen MR) is 122 cm³/mol. The Hall–Kier alpha value is -4.13. The zero-order valence-corrected chi connectivity index (χ0v) is 19.2. The standard InChI is InChI=1S/C23H22F3N7O3/c1-11(2)28-23(34)36-18-10-35-21(20(18)26)16-9-19(31-30-16)29-22-17-8-15(32-33(17)4-3-27-22)12-5-13(24)7-14(25)6-12/h3-9,11,18,20-21H,10H2,1-2H3,(H,28,34)(H2,27,29,30,31)/t18-,20-,21-/m0/s1. The molecule has 0 saturated carbocycles. The highest BCUT2D eigenvalue weighted by Gasteiger charge is 2.42. The first-order valence-corrected chi connectivity index (χ1v) is 11.1. The third-order valence-corrected chi connectivity index (χ3v) is 5.45. The van der Waals surface area contributed by atoms with Crippen LogP contribution in [-0.4, -0.2) is 55.8 Å². The van der Waals surface area contributed by atoms with Crippen molar-refractivity contribution in [3.05, 3.63) is 60.1 Å². The first-order chi connectivity index (χ1) is 17.3. The van der Waals surface area contributed by atoms with E-state index in [4.69, 9.17) is 9.47 Å². The molecule has 1 fully saturated rings. The molecule has 1 aliphatic rings. The number of halogens is 3. The van der Waals surface area contributed by atoms with Gasteiger partial charge in [0.15, 0.2) is 23.9 Å². The Labute approximate surface area is 202 Å².